The largest absolute Gasteiger partial charge is 0.456 e. The van der Waals surface area contributed by atoms with Gasteiger partial charge in [-0.2, -0.15) is 0 Å². The van der Waals surface area contributed by atoms with Crippen molar-refractivity contribution in [2.75, 3.05) is 6.61 Å². The normalized spacial score (nSPS) is 12.7. The Kier molecular flexibility index (Phi) is 7.41. The van der Waals surface area contributed by atoms with Crippen LogP contribution in [-0.4, -0.2) is 24.1 Å². The molecule has 4 nitrogen and oxygen atoms in total. The highest BCUT2D eigenvalue weighted by Gasteiger charge is 2.39. The summed E-state index contributed by atoms with van der Waals surface area (Å²) in [5.41, 5.74) is -1.08. The van der Waals surface area contributed by atoms with E-state index in [1.165, 1.54) is 0 Å². The second kappa shape index (κ2) is 7.81. The highest BCUT2D eigenvalue weighted by molar-refractivity contribution is 5.79. The Morgan fingerprint density at radius 2 is 1.43 bits per heavy atom. The molecule has 0 aliphatic rings. The summed E-state index contributed by atoms with van der Waals surface area (Å²) in [5, 5.41) is 0. The van der Waals surface area contributed by atoms with Gasteiger partial charge in [-0.1, -0.05) is 41.5 Å². The van der Waals surface area contributed by atoms with Gasteiger partial charge in [0.05, 0.1) is 5.41 Å². The van der Waals surface area contributed by atoms with E-state index < -0.39 is 17.0 Å². The first kappa shape index (κ1) is 19.9. The molecule has 4 heteroatoms. The van der Waals surface area contributed by atoms with Crippen molar-refractivity contribution in [3.63, 3.8) is 0 Å². The molecule has 0 saturated carbocycles. The van der Waals surface area contributed by atoms with E-state index in [9.17, 15) is 9.59 Å². The average molecular weight is 300 g/mol. The molecule has 0 aromatic heterocycles. The predicted octanol–water partition coefficient (Wildman–Crippen LogP) is 3.97. The number of hydrogen-bond acceptors (Lipinski definition) is 4. The van der Waals surface area contributed by atoms with Crippen LogP contribution in [-0.2, 0) is 19.1 Å². The van der Waals surface area contributed by atoms with Gasteiger partial charge in [0, 0.05) is 0 Å². The maximum absolute atomic E-state index is 12.0. The van der Waals surface area contributed by atoms with E-state index in [1.807, 2.05) is 41.5 Å². The molecule has 0 unspecified atom stereocenters. The molecule has 0 spiro atoms. The molecule has 0 radical (unpaired) electrons. The van der Waals surface area contributed by atoms with Gasteiger partial charge in [0.25, 0.3) is 0 Å². The lowest BCUT2D eigenvalue weighted by Crippen LogP contribution is -2.45. The molecule has 0 heterocycles. The molecule has 0 aromatic rings. The Labute approximate surface area is 129 Å². The maximum Gasteiger partial charge on any atom is 0.344 e. The van der Waals surface area contributed by atoms with Crippen molar-refractivity contribution in [3.05, 3.63) is 0 Å². The second-order valence-corrected chi connectivity index (χ2v) is 6.91. The van der Waals surface area contributed by atoms with Gasteiger partial charge in [-0.05, 0) is 38.5 Å². The van der Waals surface area contributed by atoms with Gasteiger partial charge in [-0.15, -0.1) is 0 Å². The van der Waals surface area contributed by atoms with Gasteiger partial charge in [0.2, 0.25) is 0 Å². The van der Waals surface area contributed by atoms with E-state index in [0.717, 1.165) is 6.42 Å². The number of carbonyl (C=O) groups excluding carboxylic acids is 2. The molecule has 0 aliphatic heterocycles. The Morgan fingerprint density at radius 3 is 1.76 bits per heavy atom. The number of hydrogen-bond donors (Lipinski definition) is 0. The van der Waals surface area contributed by atoms with Crippen LogP contribution < -0.4 is 0 Å². The first-order chi connectivity index (χ1) is 9.53. The Morgan fingerprint density at radius 1 is 0.952 bits per heavy atom. The summed E-state index contributed by atoms with van der Waals surface area (Å²) < 4.78 is 10.8. The molecule has 0 rings (SSSR count). The van der Waals surface area contributed by atoms with Crippen LogP contribution in [0.1, 0.15) is 68.2 Å². The fraction of sp³-hybridized carbons (Fsp3) is 0.882. The third kappa shape index (κ3) is 5.01. The van der Waals surface area contributed by atoms with Gasteiger partial charge < -0.3 is 9.47 Å². The third-order valence-corrected chi connectivity index (χ3v) is 4.57. The SMILES string of the molecule is CCC(C)(C)C(=O)OCC(=O)OC(CC)(C(C)C)C(C)C. The predicted molar refractivity (Wildman–Crippen MR) is 83.8 cm³/mol. The Bertz CT molecular complexity index is 348. The Balaban J connectivity index is 4.72. The fourth-order valence-corrected chi connectivity index (χ4v) is 2.50. The van der Waals surface area contributed by atoms with Crippen LogP contribution in [0.5, 0.6) is 0 Å². The van der Waals surface area contributed by atoms with E-state index in [-0.39, 0.29) is 24.4 Å². The standard InChI is InChI=1S/C17H32O4/c1-9-16(7,8)15(19)20-11-14(18)21-17(10-2,12(3)4)13(5)6/h12-13H,9-11H2,1-8H3. The molecule has 0 amide bonds. The van der Waals surface area contributed by atoms with Crippen molar-refractivity contribution < 1.29 is 19.1 Å². The molecule has 0 N–H and O–H groups in total. The van der Waals surface area contributed by atoms with Crippen LogP contribution in [0.4, 0.5) is 0 Å². The van der Waals surface area contributed by atoms with Gasteiger partial charge in [0.1, 0.15) is 5.60 Å². The second-order valence-electron chi connectivity index (χ2n) is 6.91. The lowest BCUT2D eigenvalue weighted by atomic mass is 9.78. The van der Waals surface area contributed by atoms with Crippen LogP contribution in [0.25, 0.3) is 0 Å². The fourth-order valence-electron chi connectivity index (χ4n) is 2.50. The van der Waals surface area contributed by atoms with E-state index >= 15 is 0 Å². The smallest absolute Gasteiger partial charge is 0.344 e. The molecule has 21 heavy (non-hydrogen) atoms. The topological polar surface area (TPSA) is 52.6 Å². The van der Waals surface area contributed by atoms with E-state index in [2.05, 4.69) is 0 Å². The highest BCUT2D eigenvalue weighted by atomic mass is 16.6. The minimum atomic E-state index is -0.571. The van der Waals surface area contributed by atoms with Crippen molar-refractivity contribution >= 4 is 11.9 Å². The molecule has 124 valence electrons. The number of carbonyl (C=O) groups is 2. The van der Waals surface area contributed by atoms with E-state index in [0.29, 0.717) is 6.42 Å². The van der Waals surface area contributed by atoms with Gasteiger partial charge in [-0.25, -0.2) is 4.79 Å². The summed E-state index contributed by atoms with van der Waals surface area (Å²) in [5.74, 6) is -0.430. The molecule has 0 aromatic carbocycles. The minimum Gasteiger partial charge on any atom is -0.456 e. The summed E-state index contributed by atoms with van der Waals surface area (Å²) in [6, 6.07) is 0. The zero-order valence-electron chi connectivity index (χ0n) is 14.9. The zero-order valence-corrected chi connectivity index (χ0v) is 14.9. The summed E-state index contributed by atoms with van der Waals surface area (Å²) in [6.07, 6.45) is 1.40. The molecular weight excluding hydrogens is 268 g/mol. The van der Waals surface area contributed by atoms with E-state index in [1.54, 1.807) is 13.8 Å². The molecule has 0 aliphatic carbocycles. The van der Waals surface area contributed by atoms with Crippen LogP contribution in [0.3, 0.4) is 0 Å². The molecule has 0 bridgehead atoms. The van der Waals surface area contributed by atoms with Gasteiger partial charge >= 0.3 is 11.9 Å². The highest BCUT2D eigenvalue weighted by Crippen LogP contribution is 2.34. The van der Waals surface area contributed by atoms with Crippen LogP contribution in [0, 0.1) is 17.3 Å². The van der Waals surface area contributed by atoms with Crippen molar-refractivity contribution in [1.82, 2.24) is 0 Å². The summed E-state index contributed by atoms with van der Waals surface area (Å²) in [7, 11) is 0. The van der Waals surface area contributed by atoms with Crippen LogP contribution in [0.2, 0.25) is 0 Å². The summed E-state index contributed by atoms with van der Waals surface area (Å²) in [6.45, 7) is 15.4. The third-order valence-electron chi connectivity index (χ3n) is 4.57. The molecular formula is C17H32O4. The maximum atomic E-state index is 12.0. The average Bonchev–Trinajstić information content (AvgIpc) is 2.41. The summed E-state index contributed by atoms with van der Waals surface area (Å²) >= 11 is 0. The van der Waals surface area contributed by atoms with E-state index in [4.69, 9.17) is 9.47 Å². The van der Waals surface area contributed by atoms with Crippen molar-refractivity contribution in [1.29, 1.82) is 0 Å². The molecule has 0 fully saturated rings. The van der Waals surface area contributed by atoms with Crippen molar-refractivity contribution in [3.8, 4) is 0 Å². The monoisotopic (exact) mass is 300 g/mol. The minimum absolute atomic E-state index is 0.203. The van der Waals surface area contributed by atoms with Gasteiger partial charge in [-0.3, -0.25) is 4.79 Å². The van der Waals surface area contributed by atoms with Crippen LogP contribution >= 0.6 is 0 Å². The number of rotatable bonds is 8. The van der Waals surface area contributed by atoms with Crippen molar-refractivity contribution in [2.24, 2.45) is 17.3 Å². The number of esters is 2. The number of ether oxygens (including phenoxy) is 2. The molecule has 0 atom stereocenters. The zero-order chi connectivity index (χ0) is 16.8. The molecule has 0 saturated heterocycles. The first-order valence-corrected chi connectivity index (χ1v) is 7.92. The van der Waals surface area contributed by atoms with Gasteiger partial charge in [0.15, 0.2) is 6.61 Å². The first-order valence-electron chi connectivity index (χ1n) is 7.92. The van der Waals surface area contributed by atoms with Crippen molar-refractivity contribution in [2.45, 2.75) is 73.8 Å². The van der Waals surface area contributed by atoms with Crippen LogP contribution in [0.15, 0.2) is 0 Å². The Hall–Kier alpha value is -1.06. The lowest BCUT2D eigenvalue weighted by molar-refractivity contribution is -0.182. The summed E-state index contributed by atoms with van der Waals surface area (Å²) in [4.78, 5) is 23.9. The quantitative estimate of drug-likeness (QED) is 0.636. The lowest BCUT2D eigenvalue weighted by Gasteiger charge is -2.40.